The second-order valence-electron chi connectivity index (χ2n) is 7.08. The summed E-state index contributed by atoms with van der Waals surface area (Å²) in [6, 6.07) is 19.9. The molecule has 0 radical (unpaired) electrons. The molecule has 0 fully saturated rings. The van der Waals surface area contributed by atoms with Crippen LogP contribution in [0.3, 0.4) is 0 Å². The fraction of sp³-hybridized carbons (Fsp3) is 0.316. The molecule has 0 bridgehead atoms. The molecule has 2 aromatic carbocycles. The van der Waals surface area contributed by atoms with Crippen molar-refractivity contribution in [1.29, 1.82) is 0 Å². The van der Waals surface area contributed by atoms with E-state index < -0.39 is 8.07 Å². The van der Waals surface area contributed by atoms with Gasteiger partial charge in [-0.15, -0.1) is 0 Å². The van der Waals surface area contributed by atoms with Gasteiger partial charge in [0.1, 0.15) is 6.73 Å². The standard InChI is InChI=1S/C19H24N2OSi/c1-23(2,3)14-13-22-15-21-19(16-9-5-4-6-10-16)17-11-7-8-12-18(17)20-21/h4-12H,13-15H2,1-3H3. The minimum absolute atomic E-state index is 0.503. The van der Waals surface area contributed by atoms with E-state index in [9.17, 15) is 0 Å². The highest BCUT2D eigenvalue weighted by molar-refractivity contribution is 6.76. The monoisotopic (exact) mass is 324 g/mol. The molecule has 1 heterocycles. The first-order valence-electron chi connectivity index (χ1n) is 8.13. The average molecular weight is 325 g/mol. The van der Waals surface area contributed by atoms with E-state index in [0.717, 1.165) is 17.8 Å². The summed E-state index contributed by atoms with van der Waals surface area (Å²) >= 11 is 0. The molecule has 0 aliphatic heterocycles. The summed E-state index contributed by atoms with van der Waals surface area (Å²) in [5, 5.41) is 5.90. The molecule has 3 nitrogen and oxygen atoms in total. The van der Waals surface area contributed by atoms with Crippen molar-refractivity contribution in [1.82, 2.24) is 9.78 Å². The Balaban J connectivity index is 1.88. The minimum Gasteiger partial charge on any atom is -0.360 e. The van der Waals surface area contributed by atoms with Gasteiger partial charge in [0.2, 0.25) is 0 Å². The number of hydrogen-bond donors (Lipinski definition) is 0. The second kappa shape index (κ2) is 6.68. The molecule has 0 unspecified atom stereocenters. The van der Waals surface area contributed by atoms with Crippen molar-refractivity contribution < 1.29 is 4.74 Å². The molecule has 0 N–H and O–H groups in total. The molecule has 0 saturated carbocycles. The minimum atomic E-state index is -1.06. The molecule has 0 aliphatic rings. The Bertz CT molecular complexity index is 775. The van der Waals surface area contributed by atoms with Crippen LogP contribution in [0.5, 0.6) is 0 Å². The highest BCUT2D eigenvalue weighted by Gasteiger charge is 2.14. The highest BCUT2D eigenvalue weighted by atomic mass is 28.3. The van der Waals surface area contributed by atoms with E-state index in [1.807, 2.05) is 16.8 Å². The quantitative estimate of drug-likeness (QED) is 0.470. The summed E-state index contributed by atoms with van der Waals surface area (Å²) in [5.74, 6) is 0. The van der Waals surface area contributed by atoms with Gasteiger partial charge in [-0.1, -0.05) is 68.2 Å². The summed E-state index contributed by atoms with van der Waals surface area (Å²) in [7, 11) is -1.06. The first kappa shape index (κ1) is 16.0. The molecule has 0 spiro atoms. The van der Waals surface area contributed by atoms with Gasteiger partial charge in [-0.2, -0.15) is 5.10 Å². The normalized spacial score (nSPS) is 12.0. The highest BCUT2D eigenvalue weighted by Crippen LogP contribution is 2.28. The number of aromatic nitrogens is 2. The fourth-order valence-corrected chi connectivity index (χ4v) is 3.36. The molecule has 4 heteroatoms. The number of ether oxygens (including phenoxy) is 1. The predicted octanol–water partition coefficient (Wildman–Crippen LogP) is 5.02. The Labute approximate surface area is 138 Å². The van der Waals surface area contributed by atoms with Crippen LogP contribution in [0, 0.1) is 0 Å². The number of benzene rings is 2. The average Bonchev–Trinajstić information content (AvgIpc) is 2.90. The first-order chi connectivity index (χ1) is 11.0. The third-order valence-electron chi connectivity index (χ3n) is 3.90. The lowest BCUT2D eigenvalue weighted by molar-refractivity contribution is 0.0803. The maximum absolute atomic E-state index is 5.92. The van der Waals surface area contributed by atoms with E-state index in [-0.39, 0.29) is 0 Å². The van der Waals surface area contributed by atoms with Crippen molar-refractivity contribution in [3.63, 3.8) is 0 Å². The number of nitrogens with zero attached hydrogens (tertiary/aromatic N) is 2. The van der Waals surface area contributed by atoms with Crippen LogP contribution in [0.15, 0.2) is 54.6 Å². The zero-order chi connectivity index (χ0) is 16.3. The van der Waals surface area contributed by atoms with Crippen LogP contribution in [0.2, 0.25) is 25.7 Å². The third kappa shape index (κ3) is 3.89. The predicted molar refractivity (Wildman–Crippen MR) is 99.3 cm³/mol. The van der Waals surface area contributed by atoms with E-state index >= 15 is 0 Å². The Morgan fingerprint density at radius 1 is 0.957 bits per heavy atom. The topological polar surface area (TPSA) is 27.1 Å². The van der Waals surface area contributed by atoms with Crippen LogP contribution < -0.4 is 0 Å². The van der Waals surface area contributed by atoms with Crippen molar-refractivity contribution in [3.05, 3.63) is 54.6 Å². The fourth-order valence-electron chi connectivity index (χ4n) is 2.60. The van der Waals surface area contributed by atoms with E-state index in [1.54, 1.807) is 0 Å². The number of rotatable bonds is 6. The van der Waals surface area contributed by atoms with Crippen molar-refractivity contribution in [2.75, 3.05) is 6.61 Å². The van der Waals surface area contributed by atoms with Gasteiger partial charge in [0.25, 0.3) is 0 Å². The second-order valence-corrected chi connectivity index (χ2v) is 12.7. The summed E-state index contributed by atoms with van der Waals surface area (Å²) in [6.07, 6.45) is 0. The Morgan fingerprint density at radius 3 is 2.39 bits per heavy atom. The molecule has 3 rings (SSSR count). The molecule has 0 amide bonds. The SMILES string of the molecule is C[Si](C)(C)CCOCn1nc2ccccc2c1-c1ccccc1. The number of hydrogen-bond acceptors (Lipinski definition) is 2. The van der Waals surface area contributed by atoms with Crippen LogP contribution in [-0.4, -0.2) is 24.5 Å². The van der Waals surface area contributed by atoms with Crippen molar-refractivity contribution >= 4 is 19.0 Å². The van der Waals surface area contributed by atoms with Crippen molar-refractivity contribution in [2.45, 2.75) is 32.4 Å². The van der Waals surface area contributed by atoms with Crippen LogP contribution in [-0.2, 0) is 11.5 Å². The van der Waals surface area contributed by atoms with Crippen molar-refractivity contribution in [2.24, 2.45) is 0 Å². The molecule has 0 aliphatic carbocycles. The molecule has 23 heavy (non-hydrogen) atoms. The molecule has 120 valence electrons. The Hall–Kier alpha value is -1.91. The summed E-state index contributed by atoms with van der Waals surface area (Å²) < 4.78 is 7.91. The smallest absolute Gasteiger partial charge is 0.140 e. The lowest BCUT2D eigenvalue weighted by Crippen LogP contribution is -2.22. The molecular weight excluding hydrogens is 300 g/mol. The lowest BCUT2D eigenvalue weighted by Gasteiger charge is -2.16. The third-order valence-corrected chi connectivity index (χ3v) is 5.61. The summed E-state index contributed by atoms with van der Waals surface area (Å²) in [5.41, 5.74) is 3.32. The lowest BCUT2D eigenvalue weighted by atomic mass is 10.1. The van der Waals surface area contributed by atoms with Gasteiger partial charge < -0.3 is 4.74 Å². The van der Waals surface area contributed by atoms with E-state index in [2.05, 4.69) is 62.1 Å². The molecule has 1 aromatic heterocycles. The maximum atomic E-state index is 5.92. The maximum Gasteiger partial charge on any atom is 0.140 e. The van der Waals surface area contributed by atoms with Gasteiger partial charge in [0.15, 0.2) is 0 Å². The first-order valence-corrected chi connectivity index (χ1v) is 11.8. The van der Waals surface area contributed by atoms with Gasteiger partial charge in [0, 0.05) is 25.6 Å². The Morgan fingerprint density at radius 2 is 1.65 bits per heavy atom. The van der Waals surface area contributed by atoms with Gasteiger partial charge in [-0.05, 0) is 12.1 Å². The van der Waals surface area contributed by atoms with E-state index in [0.29, 0.717) is 6.73 Å². The zero-order valence-electron chi connectivity index (χ0n) is 14.1. The molecule has 0 atom stereocenters. The van der Waals surface area contributed by atoms with Crippen LogP contribution in [0.4, 0.5) is 0 Å². The van der Waals surface area contributed by atoms with Crippen LogP contribution in [0.25, 0.3) is 22.2 Å². The molecule has 3 aromatic rings. The zero-order valence-corrected chi connectivity index (χ0v) is 15.1. The van der Waals surface area contributed by atoms with Gasteiger partial charge >= 0.3 is 0 Å². The van der Waals surface area contributed by atoms with Gasteiger partial charge in [-0.3, -0.25) is 0 Å². The van der Waals surface area contributed by atoms with Crippen LogP contribution >= 0.6 is 0 Å². The van der Waals surface area contributed by atoms with Crippen LogP contribution in [0.1, 0.15) is 0 Å². The molecule has 0 saturated heterocycles. The summed E-state index contributed by atoms with van der Waals surface area (Å²) in [4.78, 5) is 0. The number of fused-ring (bicyclic) bond motifs is 1. The molecular formula is C19H24N2OSi. The largest absolute Gasteiger partial charge is 0.360 e. The Kier molecular flexibility index (Phi) is 4.64. The van der Waals surface area contributed by atoms with E-state index in [1.165, 1.54) is 17.0 Å². The van der Waals surface area contributed by atoms with Crippen molar-refractivity contribution in [3.8, 4) is 11.3 Å². The van der Waals surface area contributed by atoms with E-state index in [4.69, 9.17) is 9.84 Å². The van der Waals surface area contributed by atoms with Gasteiger partial charge in [-0.25, -0.2) is 4.68 Å². The van der Waals surface area contributed by atoms with Gasteiger partial charge in [0.05, 0.1) is 11.2 Å². The summed E-state index contributed by atoms with van der Waals surface area (Å²) in [6.45, 7) is 8.42.